The molecule has 2 amide bonds. The molecule has 236 valence electrons. The lowest BCUT2D eigenvalue weighted by molar-refractivity contribution is -0.174. The summed E-state index contributed by atoms with van der Waals surface area (Å²) < 4.78 is 32.3. The molecule has 0 spiro atoms. The molecule has 10 nitrogen and oxygen atoms in total. The van der Waals surface area contributed by atoms with Gasteiger partial charge < -0.3 is 19.6 Å². The Morgan fingerprint density at radius 2 is 1.61 bits per heavy atom. The lowest BCUT2D eigenvalue weighted by Crippen LogP contribution is -2.40. The summed E-state index contributed by atoms with van der Waals surface area (Å²) in [5, 5.41) is 12.1. The van der Waals surface area contributed by atoms with Crippen molar-refractivity contribution in [1.82, 2.24) is 9.96 Å². The highest BCUT2D eigenvalue weighted by atomic mass is 35.5. The monoisotopic (exact) mass is 644 g/mol. The molecule has 0 radical (unpaired) electrons. The third-order valence-electron chi connectivity index (χ3n) is 6.33. The molecule has 0 aliphatic heterocycles. The van der Waals surface area contributed by atoms with Crippen molar-refractivity contribution >= 4 is 39.4 Å². The number of halogens is 1. The largest absolute Gasteiger partial charge is 0.444 e. The molecule has 1 N–H and O–H groups in total. The van der Waals surface area contributed by atoms with Crippen molar-refractivity contribution in [2.24, 2.45) is 0 Å². The number of benzene rings is 3. The molecular weight excluding hydrogens is 608 g/mol. The topological polar surface area (TPSA) is 131 Å². The normalized spacial score (nSPS) is 12.2. The fourth-order valence-electron chi connectivity index (χ4n) is 4.19. The van der Waals surface area contributed by atoms with Crippen LogP contribution in [0.3, 0.4) is 0 Å². The highest BCUT2D eigenvalue weighted by Gasteiger charge is 2.26. The smallest absolute Gasteiger partial charge is 0.410 e. The number of sulfone groups is 1. The molecule has 3 aromatic rings. The van der Waals surface area contributed by atoms with Gasteiger partial charge in [0, 0.05) is 24.1 Å². The Hall–Kier alpha value is -3.93. The third-order valence-corrected chi connectivity index (χ3v) is 8.33. The van der Waals surface area contributed by atoms with Crippen molar-refractivity contribution in [3.05, 3.63) is 94.5 Å². The molecule has 12 heteroatoms. The molecule has 0 saturated carbocycles. The van der Waals surface area contributed by atoms with E-state index < -0.39 is 39.5 Å². The zero-order chi connectivity index (χ0) is 32.7. The zero-order valence-electron chi connectivity index (χ0n) is 25.3. The van der Waals surface area contributed by atoms with Crippen LogP contribution in [-0.4, -0.2) is 66.7 Å². The van der Waals surface area contributed by atoms with E-state index in [-0.39, 0.29) is 35.0 Å². The van der Waals surface area contributed by atoms with Crippen LogP contribution >= 0.6 is 11.6 Å². The number of amides is 2. The van der Waals surface area contributed by atoms with Crippen LogP contribution in [0.5, 0.6) is 0 Å². The molecule has 0 heterocycles. The third kappa shape index (κ3) is 9.54. The Morgan fingerprint density at radius 3 is 2.20 bits per heavy atom. The second-order valence-corrected chi connectivity index (χ2v) is 13.4. The molecule has 3 rings (SSSR count). The highest BCUT2D eigenvalue weighted by molar-refractivity contribution is 7.91. The van der Waals surface area contributed by atoms with Crippen molar-refractivity contribution in [1.29, 1.82) is 0 Å². The molecule has 0 aliphatic rings. The van der Waals surface area contributed by atoms with Gasteiger partial charge in [-0.3, -0.25) is 9.59 Å². The van der Waals surface area contributed by atoms with Gasteiger partial charge in [-0.1, -0.05) is 41.9 Å². The van der Waals surface area contributed by atoms with Crippen LogP contribution in [0, 0.1) is 0 Å². The zero-order valence-corrected chi connectivity index (χ0v) is 26.9. The van der Waals surface area contributed by atoms with E-state index in [2.05, 4.69) is 0 Å². The van der Waals surface area contributed by atoms with Gasteiger partial charge in [-0.15, -0.1) is 0 Å². The fourth-order valence-corrected chi connectivity index (χ4v) is 5.70. The molecule has 44 heavy (non-hydrogen) atoms. The van der Waals surface area contributed by atoms with Crippen molar-refractivity contribution in [3.63, 3.8) is 0 Å². The van der Waals surface area contributed by atoms with Gasteiger partial charge in [-0.2, -0.15) is 5.06 Å². The Labute approximate surface area is 263 Å². The Bertz CT molecular complexity index is 1590. The first-order valence-electron chi connectivity index (χ1n) is 14.0. The second-order valence-electron chi connectivity index (χ2n) is 11.0. The SMILES string of the molecule is CCN(OC(C)=O)C(=O)c1cccc(S(=O)(=O)c2ccc(CCN(C[C@H](O)c3cccc(Cl)c3)C(=O)OC(C)(C)C)cc2)c1. The van der Waals surface area contributed by atoms with Gasteiger partial charge in [0.15, 0.2) is 0 Å². The minimum absolute atomic E-state index is 0.0126. The maximum Gasteiger partial charge on any atom is 0.410 e. The quantitative estimate of drug-likeness (QED) is 0.281. The first-order valence-corrected chi connectivity index (χ1v) is 15.8. The summed E-state index contributed by atoms with van der Waals surface area (Å²) in [6.45, 7) is 8.28. The predicted molar refractivity (Wildman–Crippen MR) is 165 cm³/mol. The molecule has 0 aliphatic carbocycles. The first kappa shape index (κ1) is 34.6. The van der Waals surface area contributed by atoms with E-state index in [1.807, 2.05) is 0 Å². The van der Waals surface area contributed by atoms with Crippen molar-refractivity contribution < 1.29 is 37.5 Å². The fraction of sp³-hybridized carbons (Fsp3) is 0.344. The summed E-state index contributed by atoms with van der Waals surface area (Å²) in [4.78, 5) is 43.3. The van der Waals surface area contributed by atoms with E-state index in [1.165, 1.54) is 48.2 Å². The van der Waals surface area contributed by atoms with Crippen molar-refractivity contribution in [2.75, 3.05) is 19.6 Å². The van der Waals surface area contributed by atoms with E-state index in [9.17, 15) is 27.9 Å². The molecular formula is C32H37ClN2O8S. The van der Waals surface area contributed by atoms with E-state index in [0.717, 1.165) is 10.6 Å². The van der Waals surface area contributed by atoms with Gasteiger partial charge in [-0.25, -0.2) is 13.2 Å². The lowest BCUT2D eigenvalue weighted by Gasteiger charge is -2.29. The molecule has 3 aromatic carbocycles. The Kier molecular flexibility index (Phi) is 11.5. The molecule has 0 fully saturated rings. The van der Waals surface area contributed by atoms with Gasteiger partial charge in [0.1, 0.15) is 5.60 Å². The number of hydrogen-bond donors (Lipinski definition) is 1. The summed E-state index contributed by atoms with van der Waals surface area (Å²) in [7, 11) is -3.99. The van der Waals surface area contributed by atoms with Crippen LogP contribution in [0.25, 0.3) is 0 Å². The average Bonchev–Trinajstić information content (AvgIpc) is 2.96. The van der Waals surface area contributed by atoms with E-state index >= 15 is 0 Å². The Balaban J connectivity index is 1.76. The minimum Gasteiger partial charge on any atom is -0.444 e. The molecule has 0 aromatic heterocycles. The predicted octanol–water partition coefficient (Wildman–Crippen LogP) is 5.63. The minimum atomic E-state index is -3.99. The molecule has 0 unspecified atom stereocenters. The summed E-state index contributed by atoms with van der Waals surface area (Å²) in [5.74, 6) is -1.32. The molecule has 0 saturated heterocycles. The van der Waals surface area contributed by atoms with Gasteiger partial charge in [0.05, 0.1) is 29.0 Å². The lowest BCUT2D eigenvalue weighted by atomic mass is 10.1. The van der Waals surface area contributed by atoms with Crippen LogP contribution in [0.2, 0.25) is 5.02 Å². The molecule has 0 bridgehead atoms. The first-order chi connectivity index (χ1) is 20.6. The van der Waals surface area contributed by atoms with Crippen LogP contribution in [0.4, 0.5) is 4.79 Å². The van der Waals surface area contributed by atoms with E-state index in [4.69, 9.17) is 21.2 Å². The van der Waals surface area contributed by atoms with Crippen LogP contribution in [0.1, 0.15) is 62.2 Å². The Morgan fingerprint density at radius 1 is 0.955 bits per heavy atom. The van der Waals surface area contributed by atoms with E-state index in [0.29, 0.717) is 17.0 Å². The number of aliphatic hydroxyl groups is 1. The van der Waals surface area contributed by atoms with Gasteiger partial charge in [0.25, 0.3) is 5.91 Å². The number of ether oxygens (including phenoxy) is 1. The van der Waals surface area contributed by atoms with Gasteiger partial charge in [-0.05, 0) is 87.7 Å². The van der Waals surface area contributed by atoms with Crippen molar-refractivity contribution in [3.8, 4) is 0 Å². The van der Waals surface area contributed by atoms with Crippen LogP contribution in [0.15, 0.2) is 82.6 Å². The second kappa shape index (κ2) is 14.7. The van der Waals surface area contributed by atoms with Crippen molar-refractivity contribution in [2.45, 2.75) is 62.5 Å². The summed E-state index contributed by atoms with van der Waals surface area (Å²) in [5.41, 5.74) is 0.607. The number of carbonyl (C=O) groups excluding carboxylic acids is 3. The number of hydrogen-bond acceptors (Lipinski definition) is 8. The van der Waals surface area contributed by atoms with E-state index in [1.54, 1.807) is 64.1 Å². The standard InChI is InChI=1S/C32H37ClN2O8S/c1-6-35(43-22(2)36)30(38)25-10-8-12-28(20-25)44(40,41)27-15-13-23(14-16-27)17-18-34(31(39)42-32(3,4)5)21-29(37)24-9-7-11-26(33)19-24/h7-16,19-20,29,37H,6,17-18,21H2,1-5H3/t29-/m0/s1. The van der Waals surface area contributed by atoms with Crippen LogP contribution < -0.4 is 0 Å². The molecule has 1 atom stereocenters. The number of hydroxylamine groups is 2. The summed E-state index contributed by atoms with van der Waals surface area (Å²) in [6, 6.07) is 18.4. The number of aliphatic hydroxyl groups excluding tert-OH is 1. The number of carbonyl (C=O) groups is 3. The highest BCUT2D eigenvalue weighted by Crippen LogP contribution is 2.24. The van der Waals surface area contributed by atoms with Crippen LogP contribution in [-0.2, 0) is 30.6 Å². The summed E-state index contributed by atoms with van der Waals surface area (Å²) >= 11 is 6.06. The summed E-state index contributed by atoms with van der Waals surface area (Å²) in [6.07, 6.45) is -1.24. The number of rotatable bonds is 10. The maximum atomic E-state index is 13.4. The van der Waals surface area contributed by atoms with Gasteiger partial charge >= 0.3 is 12.1 Å². The number of nitrogens with zero attached hydrogens (tertiary/aromatic N) is 2. The average molecular weight is 645 g/mol. The van der Waals surface area contributed by atoms with Gasteiger partial charge in [0.2, 0.25) is 9.84 Å². The maximum absolute atomic E-state index is 13.4.